The molecule has 0 saturated carbocycles. The predicted octanol–water partition coefficient (Wildman–Crippen LogP) is 2.15. The summed E-state index contributed by atoms with van der Waals surface area (Å²) < 4.78 is 5.09. The summed E-state index contributed by atoms with van der Waals surface area (Å²) >= 11 is 0. The minimum atomic E-state index is -0.471. The highest BCUT2D eigenvalue weighted by atomic mass is 16.5. The van der Waals surface area contributed by atoms with Crippen molar-refractivity contribution in [3.8, 4) is 0 Å². The van der Waals surface area contributed by atoms with Crippen molar-refractivity contribution < 1.29 is 24.0 Å². The van der Waals surface area contributed by atoms with E-state index < -0.39 is 12.0 Å². The molecule has 0 aliphatic carbocycles. The molecule has 0 saturated heterocycles. The molecule has 0 fully saturated rings. The number of aromatic nitrogens is 1. The number of ketones is 1. The first kappa shape index (κ1) is 23.3. The largest absolute Gasteiger partial charge is 0.462 e. The highest BCUT2D eigenvalue weighted by Crippen LogP contribution is 2.20. The van der Waals surface area contributed by atoms with Crippen LogP contribution in [0.25, 0.3) is 0 Å². The van der Waals surface area contributed by atoms with Gasteiger partial charge in [0.25, 0.3) is 5.91 Å². The number of quaternary nitrogens is 1. The van der Waals surface area contributed by atoms with E-state index in [-0.39, 0.29) is 24.8 Å². The second kappa shape index (κ2) is 9.71. The Labute approximate surface area is 177 Å². The number of Topliss-reactive ketones (excluding diaryl/α,β-unsaturated/α-hetero) is 1. The minimum Gasteiger partial charge on any atom is -0.462 e. The number of H-pyrrole nitrogens is 1. The number of ether oxygens (including phenoxy) is 1. The summed E-state index contributed by atoms with van der Waals surface area (Å²) in [6.45, 7) is 11.4. The maximum absolute atomic E-state index is 13.1. The lowest BCUT2D eigenvalue weighted by Gasteiger charge is -2.20. The number of nitrogens with one attached hydrogen (secondary N) is 3. The van der Waals surface area contributed by atoms with Crippen LogP contribution < -0.4 is 10.2 Å². The van der Waals surface area contributed by atoms with E-state index in [9.17, 15) is 14.4 Å². The fraction of sp³-hybridized carbons (Fsp3) is 0.435. The van der Waals surface area contributed by atoms with Crippen molar-refractivity contribution in [3.63, 3.8) is 0 Å². The minimum absolute atomic E-state index is 0.143. The van der Waals surface area contributed by atoms with Crippen molar-refractivity contribution in [1.82, 2.24) is 4.98 Å². The van der Waals surface area contributed by atoms with Crippen LogP contribution in [0.1, 0.15) is 57.1 Å². The Morgan fingerprint density at radius 2 is 1.80 bits per heavy atom. The van der Waals surface area contributed by atoms with Gasteiger partial charge in [-0.2, -0.15) is 0 Å². The molecule has 0 aliphatic heterocycles. The topological polar surface area (TPSA) is 92.7 Å². The van der Waals surface area contributed by atoms with E-state index in [1.54, 1.807) is 27.7 Å². The molecular weight excluding hydrogens is 382 g/mol. The second-order valence-electron chi connectivity index (χ2n) is 7.75. The number of anilines is 1. The molecule has 1 heterocycles. The number of hydrogen-bond acceptors (Lipinski definition) is 4. The van der Waals surface area contributed by atoms with Crippen LogP contribution in [0, 0.1) is 27.7 Å². The molecule has 3 N–H and O–H groups in total. The van der Waals surface area contributed by atoms with Crippen molar-refractivity contribution in [3.05, 3.63) is 51.8 Å². The van der Waals surface area contributed by atoms with Crippen LogP contribution in [0.3, 0.4) is 0 Å². The normalized spacial score (nSPS) is 12.9. The predicted molar refractivity (Wildman–Crippen MR) is 116 cm³/mol. The third kappa shape index (κ3) is 4.97. The van der Waals surface area contributed by atoms with Gasteiger partial charge in [-0.05, 0) is 64.3 Å². The molecule has 7 heteroatoms. The first-order valence-electron chi connectivity index (χ1n) is 10.2. The Bertz CT molecular complexity index is 962. The summed E-state index contributed by atoms with van der Waals surface area (Å²) in [7, 11) is 1.81. The number of carbonyl (C=O) groups is 3. The fourth-order valence-corrected chi connectivity index (χ4v) is 3.43. The highest BCUT2D eigenvalue weighted by molar-refractivity contribution is 6.03. The maximum Gasteiger partial charge on any atom is 0.340 e. The maximum atomic E-state index is 13.1. The van der Waals surface area contributed by atoms with Crippen molar-refractivity contribution in [1.29, 1.82) is 0 Å². The fourth-order valence-electron chi connectivity index (χ4n) is 3.43. The number of aromatic amines is 1. The van der Waals surface area contributed by atoms with Crippen LogP contribution in [0.2, 0.25) is 0 Å². The van der Waals surface area contributed by atoms with E-state index in [1.807, 2.05) is 39.1 Å². The summed E-state index contributed by atoms with van der Waals surface area (Å²) in [5, 5.41) is 2.93. The van der Waals surface area contributed by atoms with Gasteiger partial charge in [0.1, 0.15) is 0 Å². The van der Waals surface area contributed by atoms with Gasteiger partial charge in [-0.25, -0.2) is 4.79 Å². The quantitative estimate of drug-likeness (QED) is 0.456. The molecule has 30 heavy (non-hydrogen) atoms. The van der Waals surface area contributed by atoms with Crippen molar-refractivity contribution in [2.24, 2.45) is 0 Å². The molecule has 1 amide bonds. The number of hydrogen-bond donors (Lipinski definition) is 3. The smallest absolute Gasteiger partial charge is 0.340 e. The Kier molecular flexibility index (Phi) is 7.56. The van der Waals surface area contributed by atoms with Gasteiger partial charge in [0.05, 0.1) is 24.9 Å². The number of benzene rings is 1. The van der Waals surface area contributed by atoms with Gasteiger partial charge in [0.15, 0.2) is 12.6 Å². The Morgan fingerprint density at radius 3 is 2.43 bits per heavy atom. The van der Waals surface area contributed by atoms with Gasteiger partial charge in [-0.15, -0.1) is 0 Å². The highest BCUT2D eigenvalue weighted by Gasteiger charge is 2.30. The average molecular weight is 415 g/mol. The lowest BCUT2D eigenvalue weighted by atomic mass is 10.0. The number of amides is 1. The SMILES string of the molecule is CCOC(=O)c1c(C)[nH]c(C(=O)[C@@H](C)[NH+](C)CC(=O)Nc2cccc(C)c2C)c1C. The molecule has 2 rings (SSSR count). The van der Waals surface area contributed by atoms with Gasteiger partial charge < -0.3 is 19.9 Å². The first-order chi connectivity index (χ1) is 14.1. The van der Waals surface area contributed by atoms with Gasteiger partial charge >= 0.3 is 5.97 Å². The average Bonchev–Trinajstić information content (AvgIpc) is 2.98. The standard InChI is InChI=1S/C23H31N3O4/c1-8-30-23(29)20-15(4)21(24-16(20)5)22(28)17(6)26(7)12-19(27)25-18-11-9-10-13(2)14(18)3/h9-11,17,24H,8,12H2,1-7H3,(H,25,27)/p+1/t17-/m1/s1. The van der Waals surface area contributed by atoms with E-state index in [0.717, 1.165) is 21.7 Å². The molecule has 7 nitrogen and oxygen atoms in total. The third-order valence-corrected chi connectivity index (χ3v) is 5.61. The zero-order valence-corrected chi connectivity index (χ0v) is 18.9. The molecule has 0 bridgehead atoms. The van der Waals surface area contributed by atoms with Crippen LogP contribution in [-0.4, -0.2) is 48.9 Å². The van der Waals surface area contributed by atoms with Crippen LogP contribution in [0.5, 0.6) is 0 Å². The molecule has 1 aromatic heterocycles. The molecule has 0 spiro atoms. The molecule has 2 aromatic rings. The van der Waals surface area contributed by atoms with Crippen LogP contribution in [0.15, 0.2) is 18.2 Å². The number of rotatable bonds is 8. The zero-order valence-electron chi connectivity index (χ0n) is 18.9. The summed E-state index contributed by atoms with van der Waals surface area (Å²) in [6.07, 6.45) is 0. The molecule has 1 unspecified atom stereocenters. The van der Waals surface area contributed by atoms with Gasteiger partial charge in [-0.1, -0.05) is 12.1 Å². The molecule has 0 aliphatic rings. The second-order valence-corrected chi connectivity index (χ2v) is 7.75. The Morgan fingerprint density at radius 1 is 1.13 bits per heavy atom. The monoisotopic (exact) mass is 414 g/mol. The molecule has 0 radical (unpaired) electrons. The molecule has 2 atom stereocenters. The van der Waals surface area contributed by atoms with Crippen molar-refractivity contribution in [2.45, 2.75) is 47.6 Å². The van der Waals surface area contributed by atoms with E-state index in [0.29, 0.717) is 22.5 Å². The molecule has 1 aromatic carbocycles. The van der Waals surface area contributed by atoms with Gasteiger partial charge in [0.2, 0.25) is 5.78 Å². The van der Waals surface area contributed by atoms with Crippen LogP contribution in [-0.2, 0) is 9.53 Å². The summed E-state index contributed by atoms with van der Waals surface area (Å²) in [5.74, 6) is -0.750. The lowest BCUT2D eigenvalue weighted by Crippen LogP contribution is -3.14. The summed E-state index contributed by atoms with van der Waals surface area (Å²) in [6, 6.07) is 5.29. The van der Waals surface area contributed by atoms with Crippen molar-refractivity contribution in [2.75, 3.05) is 25.5 Å². The van der Waals surface area contributed by atoms with Gasteiger partial charge in [-0.3, -0.25) is 9.59 Å². The molecule has 162 valence electrons. The van der Waals surface area contributed by atoms with Crippen LogP contribution in [0.4, 0.5) is 5.69 Å². The Hall–Kier alpha value is -2.93. The number of likely N-dealkylation sites (N-methyl/N-ethyl adjacent to an activating group) is 1. The van der Waals surface area contributed by atoms with E-state index in [1.165, 1.54) is 0 Å². The van der Waals surface area contributed by atoms with Crippen molar-refractivity contribution >= 4 is 23.3 Å². The zero-order chi connectivity index (χ0) is 22.6. The number of carbonyl (C=O) groups excluding carboxylic acids is 3. The van der Waals surface area contributed by atoms with E-state index in [4.69, 9.17) is 4.74 Å². The summed E-state index contributed by atoms with van der Waals surface area (Å²) in [5.41, 5.74) is 4.88. The number of aryl methyl sites for hydroxylation is 2. The lowest BCUT2D eigenvalue weighted by molar-refractivity contribution is -0.885. The van der Waals surface area contributed by atoms with E-state index >= 15 is 0 Å². The summed E-state index contributed by atoms with van der Waals surface area (Å²) in [4.78, 5) is 41.6. The Balaban J connectivity index is 2.10. The van der Waals surface area contributed by atoms with Crippen LogP contribution >= 0.6 is 0 Å². The van der Waals surface area contributed by atoms with Gasteiger partial charge in [0, 0.05) is 11.4 Å². The third-order valence-electron chi connectivity index (χ3n) is 5.61. The first-order valence-corrected chi connectivity index (χ1v) is 10.2. The number of esters is 1. The molecular formula is C23H32N3O4+. The van der Waals surface area contributed by atoms with E-state index in [2.05, 4.69) is 10.3 Å².